The molecule has 0 unspecified atom stereocenters. The Morgan fingerprint density at radius 1 is 1.16 bits per heavy atom. The highest BCUT2D eigenvalue weighted by molar-refractivity contribution is 8.76. The van der Waals surface area contributed by atoms with Gasteiger partial charge in [0.15, 0.2) is 0 Å². The number of rotatable bonds is 15. The van der Waals surface area contributed by atoms with Crippen LogP contribution in [0.25, 0.3) is 0 Å². The summed E-state index contributed by atoms with van der Waals surface area (Å²) in [4.78, 5) is 26.6. The van der Waals surface area contributed by atoms with Crippen molar-refractivity contribution < 1.29 is 14.8 Å². The summed E-state index contributed by atoms with van der Waals surface area (Å²) in [5.74, 6) is 0.814. The van der Waals surface area contributed by atoms with Crippen LogP contribution in [0.15, 0.2) is 47.6 Å². The van der Waals surface area contributed by atoms with E-state index >= 15 is 0 Å². The number of aliphatic hydroxyl groups is 1. The van der Waals surface area contributed by atoms with Gasteiger partial charge in [-0.1, -0.05) is 29.3 Å². The molecule has 0 spiro atoms. The Bertz CT molecular complexity index is 824. The smallest absolute Gasteiger partial charge is 0.275 e. The Balaban J connectivity index is 1.47. The number of aromatic nitrogens is 1. The van der Waals surface area contributed by atoms with E-state index in [1.54, 1.807) is 39.9 Å². The van der Waals surface area contributed by atoms with Crippen molar-refractivity contribution >= 4 is 33.2 Å². The fourth-order valence-electron chi connectivity index (χ4n) is 2.76. The number of hydrogen-bond acceptors (Lipinski definition) is 8. The van der Waals surface area contributed by atoms with Crippen LogP contribution in [-0.2, 0) is 17.9 Å². The van der Waals surface area contributed by atoms with Gasteiger partial charge in [0.2, 0.25) is 5.91 Å². The molecule has 1 heterocycles. The van der Waals surface area contributed by atoms with Gasteiger partial charge < -0.3 is 15.7 Å². The van der Waals surface area contributed by atoms with Gasteiger partial charge >= 0.3 is 0 Å². The summed E-state index contributed by atoms with van der Waals surface area (Å²) in [5, 5.41) is 27.3. The van der Waals surface area contributed by atoms with E-state index in [4.69, 9.17) is 5.11 Å². The van der Waals surface area contributed by atoms with E-state index in [1.165, 1.54) is 6.07 Å². The monoisotopic (exact) mass is 464 g/mol. The number of nitrogens with one attached hydrogen (secondary N) is 2. The van der Waals surface area contributed by atoms with Crippen LogP contribution in [0.1, 0.15) is 36.8 Å². The van der Waals surface area contributed by atoms with Gasteiger partial charge in [0.25, 0.3) is 5.69 Å². The molecule has 10 heteroatoms. The average molecular weight is 465 g/mol. The molecule has 0 bridgehead atoms. The van der Waals surface area contributed by atoms with Crippen LogP contribution >= 0.6 is 21.6 Å². The first-order valence-corrected chi connectivity index (χ1v) is 12.5. The van der Waals surface area contributed by atoms with Gasteiger partial charge in [0, 0.05) is 37.5 Å². The Morgan fingerprint density at radius 2 is 2.00 bits per heavy atom. The average Bonchev–Trinajstić information content (AvgIpc) is 2.79. The highest BCUT2D eigenvalue weighted by atomic mass is 33.1. The molecule has 0 radical (unpaired) electrons. The van der Waals surface area contributed by atoms with E-state index in [0.717, 1.165) is 42.1 Å². The van der Waals surface area contributed by atoms with Crippen molar-refractivity contribution in [2.24, 2.45) is 0 Å². The molecule has 0 saturated carbocycles. The molecule has 8 nitrogen and oxygen atoms in total. The third kappa shape index (κ3) is 10.1. The van der Waals surface area contributed by atoms with E-state index in [0.29, 0.717) is 25.1 Å². The summed E-state index contributed by atoms with van der Waals surface area (Å²) in [7, 11) is 3.20. The molecule has 1 aromatic carbocycles. The maximum absolute atomic E-state index is 11.8. The molecule has 0 aliphatic carbocycles. The molecule has 0 atom stereocenters. The SMILES string of the molecule is O=C(CCSSc1ccccn1)NCCCCCNCc1ccc(CO)c([N+](=O)[O-])c1. The number of nitro groups is 1. The van der Waals surface area contributed by atoms with Gasteiger partial charge in [-0.15, -0.1) is 0 Å². The molecule has 168 valence electrons. The fourth-order valence-corrected chi connectivity index (χ4v) is 4.63. The lowest BCUT2D eigenvalue weighted by atomic mass is 10.1. The van der Waals surface area contributed by atoms with Crippen LogP contribution in [0, 0.1) is 10.1 Å². The van der Waals surface area contributed by atoms with Crippen molar-refractivity contribution in [1.82, 2.24) is 15.6 Å². The Hall–Kier alpha value is -2.14. The summed E-state index contributed by atoms with van der Waals surface area (Å²) in [5.41, 5.74) is 1.09. The van der Waals surface area contributed by atoms with Gasteiger partial charge in [-0.3, -0.25) is 14.9 Å². The van der Waals surface area contributed by atoms with Crippen LogP contribution in [-0.4, -0.2) is 39.8 Å². The highest BCUT2D eigenvalue weighted by Crippen LogP contribution is 2.29. The van der Waals surface area contributed by atoms with Crippen molar-refractivity contribution in [2.45, 2.75) is 43.9 Å². The largest absolute Gasteiger partial charge is 0.391 e. The second-order valence-corrected chi connectivity index (χ2v) is 9.22. The molecule has 0 aliphatic heterocycles. The second-order valence-electron chi connectivity index (χ2n) is 6.79. The topological polar surface area (TPSA) is 117 Å². The zero-order chi connectivity index (χ0) is 22.3. The van der Waals surface area contributed by atoms with E-state index in [9.17, 15) is 14.9 Å². The minimum atomic E-state index is -0.471. The zero-order valence-corrected chi connectivity index (χ0v) is 18.9. The molecule has 0 fully saturated rings. The van der Waals surface area contributed by atoms with Gasteiger partial charge in [0.1, 0.15) is 5.03 Å². The first kappa shape index (κ1) is 25.1. The number of pyridine rings is 1. The molecule has 0 saturated heterocycles. The highest BCUT2D eigenvalue weighted by Gasteiger charge is 2.13. The molecule has 2 rings (SSSR count). The summed E-state index contributed by atoms with van der Waals surface area (Å²) in [6.45, 7) is 1.66. The maximum atomic E-state index is 11.8. The van der Waals surface area contributed by atoms with Crippen molar-refractivity contribution in [3.8, 4) is 0 Å². The summed E-state index contributed by atoms with van der Waals surface area (Å²) < 4.78 is 0. The van der Waals surface area contributed by atoms with Crippen LogP contribution in [0.4, 0.5) is 5.69 Å². The molecule has 1 amide bonds. The van der Waals surface area contributed by atoms with Gasteiger partial charge in [0.05, 0.1) is 17.1 Å². The maximum Gasteiger partial charge on any atom is 0.275 e. The van der Waals surface area contributed by atoms with Crippen molar-refractivity contribution in [3.05, 3.63) is 63.8 Å². The van der Waals surface area contributed by atoms with E-state index in [2.05, 4.69) is 15.6 Å². The molecular weight excluding hydrogens is 436 g/mol. The minimum absolute atomic E-state index is 0.0498. The molecule has 1 aromatic heterocycles. The lowest BCUT2D eigenvalue weighted by Gasteiger charge is -2.07. The van der Waals surface area contributed by atoms with Crippen LogP contribution in [0.5, 0.6) is 0 Å². The number of nitro benzene ring substituents is 1. The van der Waals surface area contributed by atoms with E-state index < -0.39 is 4.92 Å². The Kier molecular flexibility index (Phi) is 12.0. The third-order valence-electron chi connectivity index (χ3n) is 4.39. The second kappa shape index (κ2) is 14.8. The fraction of sp³-hybridized carbons (Fsp3) is 0.429. The number of nitrogens with zero attached hydrogens (tertiary/aromatic N) is 2. The molecule has 2 aromatic rings. The predicted molar refractivity (Wildman–Crippen MR) is 125 cm³/mol. The first-order chi connectivity index (χ1) is 15.1. The lowest BCUT2D eigenvalue weighted by Crippen LogP contribution is -2.24. The van der Waals surface area contributed by atoms with Gasteiger partial charge in [-0.05, 0) is 53.9 Å². The quantitative estimate of drug-likeness (QED) is 0.158. The number of carbonyl (C=O) groups is 1. The zero-order valence-electron chi connectivity index (χ0n) is 17.3. The number of amides is 1. The standard InChI is InChI=1S/C21H28N4O4S2/c26-16-18-8-7-17(14-19(18)25(28)29)15-22-10-3-1-4-11-23-20(27)9-13-30-31-21-6-2-5-12-24-21/h2,5-8,12,14,22,26H,1,3-4,9-11,13,15-16H2,(H,23,27). The summed E-state index contributed by atoms with van der Waals surface area (Å²) in [6, 6.07) is 10.6. The number of carbonyl (C=O) groups excluding carboxylic acids is 1. The number of unbranched alkanes of at least 4 members (excludes halogenated alkanes) is 2. The number of benzene rings is 1. The van der Waals surface area contributed by atoms with Crippen LogP contribution in [0.3, 0.4) is 0 Å². The molecule has 3 N–H and O–H groups in total. The van der Waals surface area contributed by atoms with E-state index in [-0.39, 0.29) is 18.2 Å². The van der Waals surface area contributed by atoms with Gasteiger partial charge in [-0.2, -0.15) is 0 Å². The lowest BCUT2D eigenvalue weighted by molar-refractivity contribution is -0.385. The first-order valence-electron chi connectivity index (χ1n) is 10.1. The van der Waals surface area contributed by atoms with Crippen molar-refractivity contribution in [3.63, 3.8) is 0 Å². The molecular formula is C21H28N4O4S2. The summed E-state index contributed by atoms with van der Waals surface area (Å²) in [6.07, 6.45) is 5.12. The summed E-state index contributed by atoms with van der Waals surface area (Å²) >= 11 is 0. The third-order valence-corrected chi connectivity index (χ3v) is 6.66. The minimum Gasteiger partial charge on any atom is -0.391 e. The molecule has 31 heavy (non-hydrogen) atoms. The van der Waals surface area contributed by atoms with Crippen molar-refractivity contribution in [1.29, 1.82) is 0 Å². The number of aliphatic hydroxyl groups excluding tert-OH is 1. The Morgan fingerprint density at radius 3 is 2.74 bits per heavy atom. The predicted octanol–water partition coefficient (Wildman–Crippen LogP) is 3.69. The number of hydrogen-bond donors (Lipinski definition) is 3. The molecule has 0 aliphatic rings. The van der Waals surface area contributed by atoms with Crippen LogP contribution in [0.2, 0.25) is 0 Å². The normalized spacial score (nSPS) is 10.7. The van der Waals surface area contributed by atoms with Crippen LogP contribution < -0.4 is 10.6 Å². The Labute approximate surface area is 190 Å². The van der Waals surface area contributed by atoms with E-state index in [1.807, 2.05) is 18.2 Å². The van der Waals surface area contributed by atoms with Gasteiger partial charge in [-0.25, -0.2) is 4.98 Å². The van der Waals surface area contributed by atoms with Crippen molar-refractivity contribution in [2.75, 3.05) is 18.8 Å².